The van der Waals surface area contributed by atoms with Crippen LogP contribution in [0, 0.1) is 0 Å². The van der Waals surface area contributed by atoms with Crippen molar-refractivity contribution in [1.29, 1.82) is 0 Å². The van der Waals surface area contributed by atoms with Crippen molar-refractivity contribution >= 4 is 0 Å². The van der Waals surface area contributed by atoms with Crippen molar-refractivity contribution in [2.45, 2.75) is 17.6 Å². The summed E-state index contributed by atoms with van der Waals surface area (Å²) in [5, 5.41) is 0. The first-order chi connectivity index (χ1) is 8.77. The van der Waals surface area contributed by atoms with Gasteiger partial charge in [0.1, 0.15) is 0 Å². The van der Waals surface area contributed by atoms with Crippen molar-refractivity contribution in [2.24, 2.45) is 0 Å². The van der Waals surface area contributed by atoms with Crippen LogP contribution < -0.4 is 0 Å². The molecule has 0 radical (unpaired) electrons. The van der Waals surface area contributed by atoms with Crippen molar-refractivity contribution in [3.63, 3.8) is 0 Å². The lowest BCUT2D eigenvalue weighted by atomic mass is 9.81. The van der Waals surface area contributed by atoms with Crippen LogP contribution in [0.1, 0.15) is 0 Å². The van der Waals surface area contributed by atoms with Gasteiger partial charge in [-0.3, -0.25) is 9.80 Å². The van der Waals surface area contributed by atoms with Crippen LogP contribution in [0.3, 0.4) is 0 Å². The number of nitrogens with zero attached hydrogens (tertiary/aromatic N) is 3. The van der Waals surface area contributed by atoms with E-state index in [-0.39, 0.29) is 0 Å². The van der Waals surface area contributed by atoms with E-state index in [1.807, 2.05) is 0 Å². The number of piperazine rings is 1. The number of hydrogen-bond donors (Lipinski definition) is 0. The smallest absolute Gasteiger partial charge is 0.0645 e. The molecule has 0 saturated carbocycles. The number of hydrogen-bond acceptors (Lipinski definition) is 5. The van der Waals surface area contributed by atoms with E-state index >= 15 is 0 Å². The van der Waals surface area contributed by atoms with E-state index in [4.69, 9.17) is 9.47 Å². The molecule has 1 atom stereocenters. The van der Waals surface area contributed by atoms with Gasteiger partial charge in [0.25, 0.3) is 0 Å². The van der Waals surface area contributed by atoms with E-state index in [0.717, 1.165) is 39.5 Å². The molecule has 0 aliphatic carbocycles. The van der Waals surface area contributed by atoms with Crippen molar-refractivity contribution in [1.82, 2.24) is 14.7 Å². The van der Waals surface area contributed by atoms with E-state index in [1.165, 1.54) is 19.6 Å². The van der Waals surface area contributed by atoms with E-state index < -0.39 is 0 Å². The fraction of sp³-hybridized carbons (Fsp3) is 1.00. The Morgan fingerprint density at radius 3 is 2.50 bits per heavy atom. The maximum Gasteiger partial charge on any atom is 0.0645 e. The highest BCUT2D eigenvalue weighted by Crippen LogP contribution is 2.37. The Balaban J connectivity index is 1.48. The Labute approximate surface area is 109 Å². The van der Waals surface area contributed by atoms with E-state index in [2.05, 4.69) is 21.7 Å². The summed E-state index contributed by atoms with van der Waals surface area (Å²) in [6.07, 6.45) is 0. The van der Waals surface area contributed by atoms with Crippen molar-refractivity contribution in [3.05, 3.63) is 0 Å². The summed E-state index contributed by atoms with van der Waals surface area (Å²) in [7, 11) is 2.25. The van der Waals surface area contributed by atoms with Gasteiger partial charge in [-0.05, 0) is 7.05 Å². The standard InChI is InChI=1S/C13H23N3O2/c1-14-4-11-5-17-3-2-16(11)13(8-14)9-15(10-13)12-6-18-7-12/h11-12H,2-10H2,1H3. The first-order valence-electron chi connectivity index (χ1n) is 7.12. The molecule has 0 N–H and O–H groups in total. The van der Waals surface area contributed by atoms with Crippen LogP contribution in [0.25, 0.3) is 0 Å². The van der Waals surface area contributed by atoms with Gasteiger partial charge in [-0.1, -0.05) is 0 Å². The molecule has 0 amide bonds. The first kappa shape index (κ1) is 11.6. The Hall–Kier alpha value is -0.200. The average molecular weight is 253 g/mol. The normalized spacial score (nSPS) is 38.2. The molecule has 1 unspecified atom stereocenters. The predicted molar refractivity (Wildman–Crippen MR) is 67.7 cm³/mol. The summed E-state index contributed by atoms with van der Waals surface area (Å²) in [6.45, 7) is 9.66. The van der Waals surface area contributed by atoms with Crippen LogP contribution in [-0.2, 0) is 9.47 Å². The quantitative estimate of drug-likeness (QED) is 0.603. The zero-order chi connectivity index (χ0) is 12.2. The number of rotatable bonds is 1. The number of likely N-dealkylation sites (N-methyl/N-ethyl adjacent to an activating group) is 1. The summed E-state index contributed by atoms with van der Waals surface area (Å²) >= 11 is 0. The third-order valence-electron chi connectivity index (χ3n) is 5.06. The number of fused-ring (bicyclic) bond motifs is 2. The molecule has 0 aromatic rings. The molecule has 4 aliphatic rings. The number of ether oxygens (including phenoxy) is 2. The molecule has 4 heterocycles. The van der Waals surface area contributed by atoms with Gasteiger partial charge in [-0.15, -0.1) is 0 Å². The van der Waals surface area contributed by atoms with Crippen LogP contribution in [0.15, 0.2) is 0 Å². The summed E-state index contributed by atoms with van der Waals surface area (Å²) < 4.78 is 11.0. The monoisotopic (exact) mass is 253 g/mol. The largest absolute Gasteiger partial charge is 0.378 e. The zero-order valence-corrected chi connectivity index (χ0v) is 11.2. The molecule has 5 nitrogen and oxygen atoms in total. The lowest BCUT2D eigenvalue weighted by Crippen LogP contribution is -2.82. The Kier molecular flexibility index (Phi) is 2.68. The fourth-order valence-electron chi connectivity index (χ4n) is 4.13. The van der Waals surface area contributed by atoms with Crippen molar-refractivity contribution in [3.8, 4) is 0 Å². The second-order valence-corrected chi connectivity index (χ2v) is 6.44. The lowest BCUT2D eigenvalue weighted by Gasteiger charge is -2.65. The Morgan fingerprint density at radius 2 is 1.78 bits per heavy atom. The summed E-state index contributed by atoms with van der Waals surface area (Å²) in [6, 6.07) is 1.31. The van der Waals surface area contributed by atoms with Crippen LogP contribution in [0.5, 0.6) is 0 Å². The van der Waals surface area contributed by atoms with Gasteiger partial charge < -0.3 is 14.4 Å². The molecule has 4 saturated heterocycles. The second kappa shape index (κ2) is 4.15. The van der Waals surface area contributed by atoms with E-state index in [1.54, 1.807) is 0 Å². The predicted octanol–water partition coefficient (Wildman–Crippen LogP) is -0.914. The Bertz CT molecular complexity index is 328. The molecule has 5 heteroatoms. The highest BCUT2D eigenvalue weighted by atomic mass is 16.5. The molecule has 4 aliphatic heterocycles. The van der Waals surface area contributed by atoms with Gasteiger partial charge in [0.15, 0.2) is 0 Å². The third kappa shape index (κ3) is 1.65. The number of morpholine rings is 1. The van der Waals surface area contributed by atoms with Crippen molar-refractivity contribution in [2.75, 3.05) is 66.2 Å². The van der Waals surface area contributed by atoms with Crippen LogP contribution in [-0.4, -0.2) is 98.5 Å². The molecular weight excluding hydrogens is 230 g/mol. The van der Waals surface area contributed by atoms with Crippen molar-refractivity contribution < 1.29 is 9.47 Å². The van der Waals surface area contributed by atoms with Gasteiger partial charge in [-0.25, -0.2) is 0 Å². The Morgan fingerprint density at radius 1 is 1.00 bits per heavy atom. The zero-order valence-electron chi connectivity index (χ0n) is 11.2. The molecule has 0 aromatic carbocycles. The van der Waals surface area contributed by atoms with E-state index in [9.17, 15) is 0 Å². The molecule has 4 rings (SSSR count). The average Bonchev–Trinajstić information content (AvgIpc) is 2.24. The molecular formula is C13H23N3O2. The fourth-order valence-corrected chi connectivity index (χ4v) is 4.13. The molecule has 4 fully saturated rings. The van der Waals surface area contributed by atoms with Crippen LogP contribution in [0.4, 0.5) is 0 Å². The van der Waals surface area contributed by atoms with E-state index in [0.29, 0.717) is 17.6 Å². The highest BCUT2D eigenvalue weighted by Gasteiger charge is 2.55. The topological polar surface area (TPSA) is 28.2 Å². The second-order valence-electron chi connectivity index (χ2n) is 6.44. The summed E-state index contributed by atoms with van der Waals surface area (Å²) in [5.74, 6) is 0. The minimum Gasteiger partial charge on any atom is -0.378 e. The van der Waals surface area contributed by atoms with Gasteiger partial charge in [0, 0.05) is 38.8 Å². The van der Waals surface area contributed by atoms with Crippen LogP contribution in [0.2, 0.25) is 0 Å². The SMILES string of the molecule is CN1CC2COCCN2C2(C1)CN(C1COC1)C2. The minimum atomic E-state index is 0.400. The maximum atomic E-state index is 5.65. The minimum absolute atomic E-state index is 0.400. The molecule has 102 valence electrons. The lowest BCUT2D eigenvalue weighted by molar-refractivity contribution is -0.194. The summed E-state index contributed by atoms with van der Waals surface area (Å²) in [5.41, 5.74) is 0.400. The highest BCUT2D eigenvalue weighted by molar-refractivity contribution is 5.12. The van der Waals surface area contributed by atoms with Gasteiger partial charge in [-0.2, -0.15) is 0 Å². The third-order valence-corrected chi connectivity index (χ3v) is 5.06. The summed E-state index contributed by atoms with van der Waals surface area (Å²) in [4.78, 5) is 7.84. The number of likely N-dealkylation sites (tertiary alicyclic amines) is 1. The van der Waals surface area contributed by atoms with Crippen LogP contribution >= 0.6 is 0 Å². The maximum absolute atomic E-state index is 5.65. The van der Waals surface area contributed by atoms with Gasteiger partial charge >= 0.3 is 0 Å². The first-order valence-corrected chi connectivity index (χ1v) is 7.12. The van der Waals surface area contributed by atoms with Gasteiger partial charge in [0.05, 0.1) is 38.0 Å². The molecule has 1 spiro atoms. The molecule has 18 heavy (non-hydrogen) atoms. The molecule has 0 bridgehead atoms. The van der Waals surface area contributed by atoms with Gasteiger partial charge in [0.2, 0.25) is 0 Å². The molecule has 0 aromatic heterocycles.